The first kappa shape index (κ1) is 13.6. The van der Waals surface area contributed by atoms with E-state index in [0.29, 0.717) is 5.95 Å². The number of aryl methyl sites for hydroxylation is 1. The predicted octanol–water partition coefficient (Wildman–Crippen LogP) is 2.36. The first-order chi connectivity index (χ1) is 9.10. The highest BCUT2D eigenvalue weighted by Gasteiger charge is 2.09. The number of aromatic nitrogens is 2. The number of nitrogens with zero attached hydrogens (tertiary/aromatic N) is 3. The Morgan fingerprint density at radius 3 is 2.63 bits per heavy atom. The van der Waals surface area contributed by atoms with Gasteiger partial charge in [0.1, 0.15) is 5.82 Å². The molecule has 3 N–H and O–H groups in total. The van der Waals surface area contributed by atoms with Crippen LogP contribution in [0.4, 0.5) is 11.8 Å². The second-order valence-corrected chi connectivity index (χ2v) is 4.76. The number of anilines is 2. The molecule has 6 heteroatoms. The summed E-state index contributed by atoms with van der Waals surface area (Å²) < 4.78 is 0. The second kappa shape index (κ2) is 5.86. The van der Waals surface area contributed by atoms with E-state index >= 15 is 0 Å². The van der Waals surface area contributed by atoms with E-state index in [1.165, 1.54) is 0 Å². The van der Waals surface area contributed by atoms with Gasteiger partial charge >= 0.3 is 0 Å². The van der Waals surface area contributed by atoms with Crippen LogP contribution in [0, 0.1) is 6.92 Å². The normalized spacial score (nSPS) is 10.3. The van der Waals surface area contributed by atoms with Gasteiger partial charge in [0, 0.05) is 30.4 Å². The average Bonchev–Trinajstić information content (AvgIpc) is 2.42. The minimum absolute atomic E-state index is 0.406. The molecule has 100 valence electrons. The van der Waals surface area contributed by atoms with Gasteiger partial charge in [-0.2, -0.15) is 4.98 Å². The van der Waals surface area contributed by atoms with Crippen molar-refractivity contribution in [2.75, 3.05) is 17.4 Å². The number of nitrogens with two attached hydrogens (primary N) is 1. The standard InChI is InChI=1S/C13H16ClN5/c1-9-7-16-13(18-15)17-12(9)19(2)8-10-3-5-11(14)6-4-10/h3-7H,8,15H2,1-2H3,(H,16,17,18). The Bertz CT molecular complexity index is 555. The van der Waals surface area contributed by atoms with Gasteiger partial charge in [0.2, 0.25) is 5.95 Å². The van der Waals surface area contributed by atoms with Crippen molar-refractivity contribution in [2.45, 2.75) is 13.5 Å². The van der Waals surface area contributed by atoms with Gasteiger partial charge in [-0.1, -0.05) is 23.7 Å². The Kier molecular flexibility index (Phi) is 4.19. The zero-order valence-electron chi connectivity index (χ0n) is 10.9. The maximum atomic E-state index is 5.87. The molecule has 0 aliphatic heterocycles. The molecule has 0 radical (unpaired) electrons. The van der Waals surface area contributed by atoms with Crippen LogP contribution in [-0.4, -0.2) is 17.0 Å². The Morgan fingerprint density at radius 1 is 1.32 bits per heavy atom. The summed E-state index contributed by atoms with van der Waals surface area (Å²) in [6.07, 6.45) is 1.75. The molecular formula is C13H16ClN5. The third-order valence-electron chi connectivity index (χ3n) is 2.77. The summed E-state index contributed by atoms with van der Waals surface area (Å²) >= 11 is 5.87. The summed E-state index contributed by atoms with van der Waals surface area (Å²) in [5.41, 5.74) is 4.61. The molecule has 2 aromatic rings. The van der Waals surface area contributed by atoms with Crippen molar-refractivity contribution >= 4 is 23.4 Å². The van der Waals surface area contributed by atoms with Crippen LogP contribution < -0.4 is 16.2 Å². The van der Waals surface area contributed by atoms with E-state index in [1.807, 2.05) is 43.1 Å². The van der Waals surface area contributed by atoms with Gasteiger partial charge in [-0.25, -0.2) is 10.8 Å². The predicted molar refractivity (Wildman–Crippen MR) is 78.1 cm³/mol. The summed E-state index contributed by atoms with van der Waals surface area (Å²) in [7, 11) is 1.98. The Hall–Kier alpha value is -1.85. The van der Waals surface area contributed by atoms with E-state index in [4.69, 9.17) is 17.4 Å². The van der Waals surface area contributed by atoms with E-state index in [-0.39, 0.29) is 0 Å². The number of nitrogens with one attached hydrogen (secondary N) is 1. The lowest BCUT2D eigenvalue weighted by Crippen LogP contribution is -2.20. The van der Waals surface area contributed by atoms with Gasteiger partial charge in [-0.3, -0.25) is 5.43 Å². The molecule has 0 spiro atoms. The minimum atomic E-state index is 0.406. The van der Waals surface area contributed by atoms with Crippen molar-refractivity contribution in [1.82, 2.24) is 9.97 Å². The zero-order chi connectivity index (χ0) is 13.8. The molecule has 0 saturated carbocycles. The summed E-state index contributed by atoms with van der Waals surface area (Å²) in [6, 6.07) is 7.75. The summed E-state index contributed by atoms with van der Waals surface area (Å²) in [6.45, 7) is 2.70. The topological polar surface area (TPSA) is 67.1 Å². The lowest BCUT2D eigenvalue weighted by molar-refractivity contribution is 0.882. The highest BCUT2D eigenvalue weighted by atomic mass is 35.5. The van der Waals surface area contributed by atoms with Gasteiger partial charge < -0.3 is 4.90 Å². The molecule has 0 atom stereocenters. The summed E-state index contributed by atoms with van der Waals surface area (Å²) in [5, 5.41) is 0.735. The SMILES string of the molecule is Cc1cnc(NN)nc1N(C)Cc1ccc(Cl)cc1. The van der Waals surface area contributed by atoms with E-state index < -0.39 is 0 Å². The fourth-order valence-electron chi connectivity index (χ4n) is 1.83. The molecule has 19 heavy (non-hydrogen) atoms. The van der Waals surface area contributed by atoms with Gasteiger partial charge in [-0.15, -0.1) is 0 Å². The molecule has 5 nitrogen and oxygen atoms in total. The first-order valence-electron chi connectivity index (χ1n) is 5.86. The minimum Gasteiger partial charge on any atom is -0.355 e. The van der Waals surface area contributed by atoms with Gasteiger partial charge in [0.05, 0.1) is 0 Å². The van der Waals surface area contributed by atoms with Crippen molar-refractivity contribution in [3.05, 3.63) is 46.6 Å². The molecule has 0 unspecified atom stereocenters. The Morgan fingerprint density at radius 2 is 2.00 bits per heavy atom. The van der Waals surface area contributed by atoms with E-state index in [9.17, 15) is 0 Å². The quantitative estimate of drug-likeness (QED) is 0.663. The monoisotopic (exact) mass is 277 g/mol. The average molecular weight is 278 g/mol. The largest absolute Gasteiger partial charge is 0.355 e. The molecule has 0 amide bonds. The van der Waals surface area contributed by atoms with Crippen molar-refractivity contribution in [1.29, 1.82) is 0 Å². The number of rotatable bonds is 4. The molecule has 1 heterocycles. The molecule has 0 aliphatic rings. The lowest BCUT2D eigenvalue weighted by Gasteiger charge is -2.20. The van der Waals surface area contributed by atoms with Crippen LogP contribution in [0.25, 0.3) is 0 Å². The number of hydrogen-bond acceptors (Lipinski definition) is 5. The highest BCUT2D eigenvalue weighted by Crippen LogP contribution is 2.19. The third-order valence-corrected chi connectivity index (χ3v) is 3.02. The number of halogens is 1. The van der Waals surface area contributed by atoms with Crippen LogP contribution in [0.5, 0.6) is 0 Å². The van der Waals surface area contributed by atoms with Crippen LogP contribution >= 0.6 is 11.6 Å². The molecule has 0 fully saturated rings. The van der Waals surface area contributed by atoms with E-state index in [2.05, 4.69) is 15.4 Å². The molecule has 1 aromatic heterocycles. The zero-order valence-corrected chi connectivity index (χ0v) is 11.6. The van der Waals surface area contributed by atoms with Crippen molar-refractivity contribution < 1.29 is 0 Å². The highest BCUT2D eigenvalue weighted by molar-refractivity contribution is 6.30. The van der Waals surface area contributed by atoms with E-state index in [0.717, 1.165) is 28.5 Å². The maximum Gasteiger partial charge on any atom is 0.239 e. The number of hydrogen-bond donors (Lipinski definition) is 2. The third kappa shape index (κ3) is 3.33. The summed E-state index contributed by atoms with van der Waals surface area (Å²) in [4.78, 5) is 10.5. The van der Waals surface area contributed by atoms with Gasteiger partial charge in [0.25, 0.3) is 0 Å². The van der Waals surface area contributed by atoms with Gasteiger partial charge in [0.15, 0.2) is 0 Å². The summed E-state index contributed by atoms with van der Waals surface area (Å²) in [5.74, 6) is 6.58. The maximum absolute atomic E-state index is 5.87. The number of nitrogen functional groups attached to an aromatic ring is 1. The Labute approximate surface area is 117 Å². The Balaban J connectivity index is 2.19. The van der Waals surface area contributed by atoms with Crippen LogP contribution in [-0.2, 0) is 6.54 Å². The van der Waals surface area contributed by atoms with Crippen LogP contribution in [0.2, 0.25) is 5.02 Å². The fourth-order valence-corrected chi connectivity index (χ4v) is 1.95. The lowest BCUT2D eigenvalue weighted by atomic mass is 10.2. The van der Waals surface area contributed by atoms with Crippen molar-refractivity contribution in [2.24, 2.45) is 5.84 Å². The number of hydrazine groups is 1. The first-order valence-corrected chi connectivity index (χ1v) is 6.24. The fraction of sp³-hybridized carbons (Fsp3) is 0.231. The molecular weight excluding hydrogens is 262 g/mol. The number of benzene rings is 1. The molecule has 0 saturated heterocycles. The van der Waals surface area contributed by atoms with Crippen LogP contribution in [0.3, 0.4) is 0 Å². The van der Waals surface area contributed by atoms with Crippen molar-refractivity contribution in [3.8, 4) is 0 Å². The molecule has 2 rings (SSSR count). The van der Waals surface area contributed by atoms with Crippen LogP contribution in [0.15, 0.2) is 30.5 Å². The smallest absolute Gasteiger partial charge is 0.239 e. The van der Waals surface area contributed by atoms with Crippen LogP contribution in [0.1, 0.15) is 11.1 Å². The second-order valence-electron chi connectivity index (χ2n) is 4.33. The van der Waals surface area contributed by atoms with E-state index in [1.54, 1.807) is 6.20 Å². The van der Waals surface area contributed by atoms with Gasteiger partial charge in [-0.05, 0) is 24.6 Å². The molecule has 0 bridgehead atoms. The van der Waals surface area contributed by atoms with Crippen molar-refractivity contribution in [3.63, 3.8) is 0 Å². The molecule has 1 aromatic carbocycles. The molecule has 0 aliphatic carbocycles.